The first-order chi connectivity index (χ1) is 14.2. The maximum absolute atomic E-state index is 13.6. The molecule has 1 unspecified atom stereocenters. The van der Waals surface area contributed by atoms with E-state index in [0.717, 1.165) is 44.8 Å². The molecule has 1 amide bonds. The van der Waals surface area contributed by atoms with Crippen molar-refractivity contribution in [3.05, 3.63) is 76.4 Å². The highest BCUT2D eigenvalue weighted by molar-refractivity contribution is 8.04. The molecule has 2 aromatic carbocycles. The van der Waals surface area contributed by atoms with E-state index in [1.165, 1.54) is 12.1 Å². The summed E-state index contributed by atoms with van der Waals surface area (Å²) in [6.07, 6.45) is 2.72. The molecule has 1 atom stereocenters. The predicted octanol–water partition coefficient (Wildman–Crippen LogP) is 4.16. The summed E-state index contributed by atoms with van der Waals surface area (Å²) in [7, 11) is 0. The summed E-state index contributed by atoms with van der Waals surface area (Å²) >= 11 is 1.55. The van der Waals surface area contributed by atoms with Gasteiger partial charge in [-0.3, -0.25) is 9.69 Å². The van der Waals surface area contributed by atoms with Crippen LogP contribution >= 0.6 is 11.8 Å². The zero-order chi connectivity index (χ0) is 20.1. The fourth-order valence-electron chi connectivity index (χ4n) is 3.70. The van der Waals surface area contributed by atoms with Crippen molar-refractivity contribution in [1.29, 1.82) is 0 Å². The lowest BCUT2D eigenvalue weighted by molar-refractivity contribution is -0.126. The highest BCUT2D eigenvalue weighted by Gasteiger charge is 2.36. The topological polar surface area (TPSA) is 32.8 Å². The number of ether oxygens (including phenoxy) is 1. The van der Waals surface area contributed by atoms with E-state index in [-0.39, 0.29) is 17.1 Å². The zero-order valence-corrected chi connectivity index (χ0v) is 17.1. The molecule has 4 rings (SSSR count). The number of nitrogens with zero attached hydrogens (tertiary/aromatic N) is 2. The fourth-order valence-corrected chi connectivity index (χ4v) is 4.98. The lowest BCUT2D eigenvalue weighted by atomic mass is 10.2. The Morgan fingerprint density at radius 1 is 1.07 bits per heavy atom. The van der Waals surface area contributed by atoms with Crippen LogP contribution in [0, 0.1) is 5.82 Å². The largest absolute Gasteiger partial charge is 0.379 e. The number of benzene rings is 2. The predicted molar refractivity (Wildman–Crippen MR) is 115 cm³/mol. The summed E-state index contributed by atoms with van der Waals surface area (Å²) in [6, 6.07) is 16.5. The molecule has 4 nitrogen and oxygen atoms in total. The minimum Gasteiger partial charge on any atom is -0.379 e. The summed E-state index contributed by atoms with van der Waals surface area (Å²) in [5, 5.41) is -0.0480. The Hall–Kier alpha value is -2.15. The minimum atomic E-state index is -0.295. The van der Waals surface area contributed by atoms with Gasteiger partial charge in [0.2, 0.25) is 0 Å². The number of morpholine rings is 1. The van der Waals surface area contributed by atoms with Gasteiger partial charge in [0, 0.05) is 26.2 Å². The third-order valence-electron chi connectivity index (χ3n) is 5.20. The molecule has 2 fully saturated rings. The Balaban J connectivity index is 1.50. The molecule has 2 aliphatic heterocycles. The molecule has 0 bridgehead atoms. The zero-order valence-electron chi connectivity index (χ0n) is 16.3. The standard InChI is InChI=1S/C23H25FN2O2S/c24-20-9-4-6-18(16-20)17-21-22(27)26(11-5-10-25-12-14-28-15-13-25)23(29-21)19-7-2-1-3-8-19/h1-4,6-9,16-17,23H,5,10-15H2/b21-17-. The number of carbonyl (C=O) groups excluding carboxylic acids is 1. The lowest BCUT2D eigenvalue weighted by Gasteiger charge is -2.28. The van der Waals surface area contributed by atoms with E-state index >= 15 is 0 Å². The van der Waals surface area contributed by atoms with Crippen LogP contribution in [0.2, 0.25) is 0 Å². The molecule has 0 spiro atoms. The number of hydrogen-bond donors (Lipinski definition) is 0. The van der Waals surface area contributed by atoms with Gasteiger partial charge in [-0.05, 0) is 35.8 Å². The molecule has 0 aromatic heterocycles. The summed E-state index contributed by atoms with van der Waals surface area (Å²) in [4.78, 5) is 18.2. The second kappa shape index (κ2) is 9.57. The average Bonchev–Trinajstić information content (AvgIpc) is 3.05. The van der Waals surface area contributed by atoms with Crippen LogP contribution in [0.1, 0.15) is 22.9 Å². The van der Waals surface area contributed by atoms with Gasteiger partial charge in [0.05, 0.1) is 18.1 Å². The quantitative estimate of drug-likeness (QED) is 0.667. The Bertz CT molecular complexity index is 868. The number of halogens is 1. The molecule has 2 aromatic rings. The van der Waals surface area contributed by atoms with Crippen LogP contribution in [0.25, 0.3) is 6.08 Å². The first-order valence-electron chi connectivity index (χ1n) is 10.0. The molecule has 6 heteroatoms. The molecule has 0 saturated carbocycles. The molecule has 0 N–H and O–H groups in total. The van der Waals surface area contributed by atoms with E-state index in [9.17, 15) is 9.18 Å². The van der Waals surface area contributed by atoms with Gasteiger partial charge in [-0.15, -0.1) is 0 Å². The minimum absolute atomic E-state index is 0.0232. The van der Waals surface area contributed by atoms with E-state index in [1.807, 2.05) is 29.2 Å². The van der Waals surface area contributed by atoms with Gasteiger partial charge in [0.15, 0.2) is 0 Å². The van der Waals surface area contributed by atoms with Crippen molar-refractivity contribution in [1.82, 2.24) is 9.80 Å². The van der Waals surface area contributed by atoms with E-state index in [2.05, 4.69) is 17.0 Å². The van der Waals surface area contributed by atoms with Crippen molar-refractivity contribution in [2.24, 2.45) is 0 Å². The van der Waals surface area contributed by atoms with Gasteiger partial charge in [-0.25, -0.2) is 4.39 Å². The Labute approximate surface area is 175 Å². The molecular formula is C23H25FN2O2S. The van der Waals surface area contributed by atoms with E-state index in [0.29, 0.717) is 17.0 Å². The number of amides is 1. The highest BCUT2D eigenvalue weighted by atomic mass is 32.2. The maximum atomic E-state index is 13.6. The van der Waals surface area contributed by atoms with E-state index < -0.39 is 0 Å². The van der Waals surface area contributed by atoms with E-state index in [1.54, 1.807) is 23.9 Å². The van der Waals surface area contributed by atoms with Gasteiger partial charge >= 0.3 is 0 Å². The lowest BCUT2D eigenvalue weighted by Crippen LogP contribution is -2.38. The Morgan fingerprint density at radius 3 is 2.62 bits per heavy atom. The van der Waals surface area contributed by atoms with Crippen LogP contribution in [-0.4, -0.2) is 55.1 Å². The van der Waals surface area contributed by atoms with Gasteiger partial charge in [-0.2, -0.15) is 0 Å². The van der Waals surface area contributed by atoms with E-state index in [4.69, 9.17) is 4.74 Å². The summed E-state index contributed by atoms with van der Waals surface area (Å²) < 4.78 is 19.0. The maximum Gasteiger partial charge on any atom is 0.261 e. The Kier molecular flexibility index (Phi) is 6.64. The molecule has 29 heavy (non-hydrogen) atoms. The normalized spacial score (nSPS) is 21.8. The van der Waals surface area contributed by atoms with Crippen molar-refractivity contribution < 1.29 is 13.9 Å². The van der Waals surface area contributed by atoms with Crippen molar-refractivity contribution in [3.63, 3.8) is 0 Å². The van der Waals surface area contributed by atoms with Crippen LogP contribution in [0.3, 0.4) is 0 Å². The fraction of sp³-hybridized carbons (Fsp3) is 0.348. The third-order valence-corrected chi connectivity index (χ3v) is 6.50. The van der Waals surface area contributed by atoms with Crippen molar-refractivity contribution in [3.8, 4) is 0 Å². The smallest absolute Gasteiger partial charge is 0.261 e. The second-order valence-electron chi connectivity index (χ2n) is 7.25. The summed E-state index contributed by atoms with van der Waals surface area (Å²) in [5.74, 6) is -0.271. The molecule has 0 radical (unpaired) electrons. The van der Waals surface area contributed by atoms with Crippen LogP contribution in [0.4, 0.5) is 4.39 Å². The van der Waals surface area contributed by atoms with Crippen LogP contribution < -0.4 is 0 Å². The van der Waals surface area contributed by atoms with Gasteiger partial charge < -0.3 is 9.64 Å². The third kappa shape index (κ3) is 5.07. The number of rotatable bonds is 6. The van der Waals surface area contributed by atoms with Crippen molar-refractivity contribution >= 4 is 23.7 Å². The van der Waals surface area contributed by atoms with Crippen LogP contribution in [-0.2, 0) is 9.53 Å². The van der Waals surface area contributed by atoms with Crippen LogP contribution in [0.5, 0.6) is 0 Å². The SMILES string of the molecule is O=C1/C(=C/c2cccc(F)c2)SC(c2ccccc2)N1CCCN1CCOCC1. The monoisotopic (exact) mass is 412 g/mol. The van der Waals surface area contributed by atoms with Gasteiger partial charge in [0.1, 0.15) is 11.2 Å². The molecule has 2 heterocycles. The molecular weight excluding hydrogens is 387 g/mol. The van der Waals surface area contributed by atoms with Crippen molar-refractivity contribution in [2.75, 3.05) is 39.4 Å². The number of hydrogen-bond acceptors (Lipinski definition) is 4. The Morgan fingerprint density at radius 2 is 1.86 bits per heavy atom. The van der Waals surface area contributed by atoms with Crippen LogP contribution in [0.15, 0.2) is 59.5 Å². The molecule has 0 aliphatic carbocycles. The van der Waals surface area contributed by atoms with Gasteiger partial charge in [0.25, 0.3) is 5.91 Å². The number of thioether (sulfide) groups is 1. The van der Waals surface area contributed by atoms with Crippen molar-refractivity contribution in [2.45, 2.75) is 11.8 Å². The summed E-state index contributed by atoms with van der Waals surface area (Å²) in [6.45, 7) is 5.13. The average molecular weight is 413 g/mol. The molecule has 2 saturated heterocycles. The summed E-state index contributed by atoms with van der Waals surface area (Å²) in [5.41, 5.74) is 1.82. The molecule has 152 valence electrons. The second-order valence-corrected chi connectivity index (χ2v) is 8.37. The number of carbonyl (C=O) groups is 1. The van der Waals surface area contributed by atoms with Gasteiger partial charge in [-0.1, -0.05) is 54.2 Å². The molecule has 2 aliphatic rings. The highest BCUT2D eigenvalue weighted by Crippen LogP contribution is 2.46. The first kappa shape index (κ1) is 20.1. The first-order valence-corrected chi connectivity index (χ1v) is 10.9.